The molecule has 1 N–H and O–H groups in total. The number of rotatable bonds is 8. The molecule has 0 saturated carbocycles. The Balaban J connectivity index is 1.39. The Kier molecular flexibility index (Phi) is 7.97. The van der Waals surface area contributed by atoms with E-state index in [0.29, 0.717) is 23.4 Å². The van der Waals surface area contributed by atoms with Crippen LogP contribution in [0.4, 0.5) is 18.9 Å². The summed E-state index contributed by atoms with van der Waals surface area (Å²) < 4.78 is 51.6. The van der Waals surface area contributed by atoms with Gasteiger partial charge in [0.1, 0.15) is 18.1 Å². The number of hydrogen-bond donors (Lipinski definition) is 1. The summed E-state index contributed by atoms with van der Waals surface area (Å²) in [6, 6.07) is 16.0. The summed E-state index contributed by atoms with van der Waals surface area (Å²) in [7, 11) is 1.39. The highest BCUT2D eigenvalue weighted by molar-refractivity contribution is 7.99. The maximum absolute atomic E-state index is 12.8. The Morgan fingerprint density at radius 3 is 2.49 bits per heavy atom. The first kappa shape index (κ1) is 26.4. The van der Waals surface area contributed by atoms with Crippen molar-refractivity contribution in [3.63, 3.8) is 0 Å². The topological polar surface area (TPSA) is 73.9 Å². The molecule has 4 rings (SSSR count). The van der Waals surface area contributed by atoms with Gasteiger partial charge in [-0.25, -0.2) is 0 Å². The van der Waals surface area contributed by atoms with Gasteiger partial charge in [0.25, 0.3) is 5.91 Å². The minimum absolute atomic E-state index is 0.118. The second-order valence-corrected chi connectivity index (χ2v) is 9.45. The third kappa shape index (κ3) is 6.76. The molecular formula is C27H24F3NO5S. The third-order valence-corrected chi connectivity index (χ3v) is 7.17. The Labute approximate surface area is 216 Å². The van der Waals surface area contributed by atoms with Gasteiger partial charge in [-0.2, -0.15) is 0 Å². The second kappa shape index (κ2) is 11.2. The van der Waals surface area contributed by atoms with Crippen molar-refractivity contribution in [2.24, 2.45) is 0 Å². The van der Waals surface area contributed by atoms with Gasteiger partial charge in [-0.05, 0) is 66.1 Å². The number of hydrogen-bond acceptors (Lipinski definition) is 6. The van der Waals surface area contributed by atoms with E-state index < -0.39 is 12.3 Å². The zero-order valence-electron chi connectivity index (χ0n) is 20.1. The van der Waals surface area contributed by atoms with Crippen molar-refractivity contribution in [2.45, 2.75) is 37.1 Å². The number of esters is 1. The fraction of sp³-hybridized carbons (Fsp3) is 0.259. The maximum atomic E-state index is 12.8. The van der Waals surface area contributed by atoms with Crippen LogP contribution in [-0.2, 0) is 16.1 Å². The molecule has 0 bridgehead atoms. The molecule has 3 aromatic carbocycles. The number of anilines is 1. The highest BCUT2D eigenvalue weighted by Crippen LogP contribution is 2.43. The average Bonchev–Trinajstić information content (AvgIpc) is 3.25. The second-order valence-electron chi connectivity index (χ2n) is 8.39. The molecule has 0 aromatic heterocycles. The van der Waals surface area contributed by atoms with E-state index in [1.54, 1.807) is 23.9 Å². The number of halogens is 3. The first-order chi connectivity index (χ1) is 17.6. The van der Waals surface area contributed by atoms with Crippen LogP contribution in [0.5, 0.6) is 11.5 Å². The lowest BCUT2D eigenvalue weighted by atomic mass is 9.98. The number of benzene rings is 3. The smallest absolute Gasteiger partial charge is 0.489 e. The molecule has 3 aromatic rings. The van der Waals surface area contributed by atoms with Gasteiger partial charge in [0.2, 0.25) is 0 Å². The van der Waals surface area contributed by atoms with Crippen LogP contribution in [0.3, 0.4) is 0 Å². The van der Waals surface area contributed by atoms with Crippen LogP contribution in [0.1, 0.15) is 39.4 Å². The highest BCUT2D eigenvalue weighted by atomic mass is 32.2. The SMILES string of the molecule is COC(=O)CC1CSc2cc(OCc3cccc(C(=O)Nc4ccc(OC(F)(F)F)cc4)c3C)ccc21. The Morgan fingerprint density at radius 2 is 1.78 bits per heavy atom. The van der Waals surface area contributed by atoms with Gasteiger partial charge in [-0.3, -0.25) is 9.59 Å². The predicted molar refractivity (Wildman–Crippen MR) is 133 cm³/mol. The molecule has 0 fully saturated rings. The van der Waals surface area contributed by atoms with Gasteiger partial charge in [0.05, 0.1) is 13.5 Å². The molecule has 0 saturated heterocycles. The fourth-order valence-corrected chi connectivity index (χ4v) is 5.26. The lowest BCUT2D eigenvalue weighted by molar-refractivity contribution is -0.274. The number of carbonyl (C=O) groups is 2. The van der Waals surface area contributed by atoms with E-state index in [4.69, 9.17) is 9.47 Å². The number of nitrogens with one attached hydrogen (secondary N) is 1. The summed E-state index contributed by atoms with van der Waals surface area (Å²) in [6.45, 7) is 2.05. The van der Waals surface area contributed by atoms with Crippen molar-refractivity contribution in [2.75, 3.05) is 18.2 Å². The molecular weight excluding hydrogens is 507 g/mol. The van der Waals surface area contributed by atoms with Crippen molar-refractivity contribution in [1.29, 1.82) is 0 Å². The molecule has 6 nitrogen and oxygen atoms in total. The molecule has 1 atom stereocenters. The van der Waals surface area contributed by atoms with E-state index in [1.807, 2.05) is 31.2 Å². The van der Waals surface area contributed by atoms with E-state index in [0.717, 1.165) is 39.5 Å². The molecule has 1 heterocycles. The van der Waals surface area contributed by atoms with Crippen molar-refractivity contribution in [1.82, 2.24) is 0 Å². The van der Waals surface area contributed by atoms with Gasteiger partial charge in [0, 0.05) is 27.8 Å². The minimum Gasteiger partial charge on any atom is -0.489 e. The zero-order chi connectivity index (χ0) is 26.6. The normalized spacial score (nSPS) is 14.6. The monoisotopic (exact) mass is 531 g/mol. The first-order valence-electron chi connectivity index (χ1n) is 11.3. The maximum Gasteiger partial charge on any atom is 0.573 e. The Morgan fingerprint density at radius 1 is 1.05 bits per heavy atom. The van der Waals surface area contributed by atoms with Gasteiger partial charge in [0.15, 0.2) is 0 Å². The largest absolute Gasteiger partial charge is 0.573 e. The number of thioether (sulfide) groups is 1. The molecule has 1 aliphatic heterocycles. The summed E-state index contributed by atoms with van der Waals surface area (Å²) in [5.74, 6) is 0.611. The van der Waals surface area contributed by atoms with Crippen LogP contribution in [0.2, 0.25) is 0 Å². The van der Waals surface area contributed by atoms with Crippen LogP contribution >= 0.6 is 11.8 Å². The van der Waals surface area contributed by atoms with Gasteiger partial charge in [-0.1, -0.05) is 18.2 Å². The lowest BCUT2D eigenvalue weighted by Crippen LogP contribution is -2.17. The van der Waals surface area contributed by atoms with Gasteiger partial charge < -0.3 is 19.5 Å². The average molecular weight is 532 g/mol. The van der Waals surface area contributed by atoms with Crippen LogP contribution in [0.25, 0.3) is 0 Å². The van der Waals surface area contributed by atoms with E-state index in [-0.39, 0.29) is 24.2 Å². The Bertz CT molecular complexity index is 1290. The molecule has 194 valence electrons. The molecule has 1 unspecified atom stereocenters. The van der Waals surface area contributed by atoms with E-state index in [1.165, 1.54) is 19.2 Å². The summed E-state index contributed by atoms with van der Waals surface area (Å²) in [5.41, 5.74) is 3.41. The third-order valence-electron chi connectivity index (χ3n) is 5.94. The summed E-state index contributed by atoms with van der Waals surface area (Å²) >= 11 is 1.67. The quantitative estimate of drug-likeness (QED) is 0.336. The van der Waals surface area contributed by atoms with E-state index in [2.05, 4.69) is 10.1 Å². The molecule has 0 spiro atoms. The highest BCUT2D eigenvalue weighted by Gasteiger charge is 2.31. The molecule has 0 radical (unpaired) electrons. The Hall–Kier alpha value is -3.66. The van der Waals surface area contributed by atoms with Crippen LogP contribution in [0.15, 0.2) is 65.6 Å². The number of fused-ring (bicyclic) bond motifs is 1. The number of carbonyl (C=O) groups excluding carboxylic acids is 2. The minimum atomic E-state index is -4.78. The molecule has 37 heavy (non-hydrogen) atoms. The van der Waals surface area contributed by atoms with Crippen molar-refractivity contribution < 1.29 is 37.0 Å². The molecule has 10 heteroatoms. The fourth-order valence-electron chi connectivity index (χ4n) is 3.99. The number of amides is 1. The lowest BCUT2D eigenvalue weighted by Gasteiger charge is -2.14. The standard InChI is InChI=1S/C27H24F3NO5S/c1-16-17(14-35-21-10-11-23-18(12-25(32)34-2)15-37-24(23)13-21)4-3-5-22(16)26(33)31-19-6-8-20(9-7-19)36-27(28,29)30/h3-11,13,18H,12,14-15H2,1-2H3,(H,31,33). The summed E-state index contributed by atoms with van der Waals surface area (Å²) in [5, 5.41) is 2.69. The molecule has 1 aliphatic rings. The predicted octanol–water partition coefficient (Wildman–Crippen LogP) is 6.48. The molecule has 0 aliphatic carbocycles. The van der Waals surface area contributed by atoms with Gasteiger partial charge >= 0.3 is 12.3 Å². The summed E-state index contributed by atoms with van der Waals surface area (Å²) in [6.07, 6.45) is -4.44. The van der Waals surface area contributed by atoms with Crippen molar-refractivity contribution >= 4 is 29.3 Å². The van der Waals surface area contributed by atoms with Crippen LogP contribution in [-0.4, -0.2) is 31.1 Å². The molecule has 1 amide bonds. The van der Waals surface area contributed by atoms with Gasteiger partial charge in [-0.15, -0.1) is 24.9 Å². The number of methoxy groups -OCH3 is 1. The zero-order valence-corrected chi connectivity index (χ0v) is 20.9. The van der Waals surface area contributed by atoms with Crippen molar-refractivity contribution in [3.05, 3.63) is 82.9 Å². The van der Waals surface area contributed by atoms with Crippen molar-refractivity contribution in [3.8, 4) is 11.5 Å². The van der Waals surface area contributed by atoms with E-state index in [9.17, 15) is 22.8 Å². The van der Waals surface area contributed by atoms with Crippen LogP contribution < -0.4 is 14.8 Å². The van der Waals surface area contributed by atoms with Crippen LogP contribution in [0, 0.1) is 6.92 Å². The number of alkyl halides is 3. The first-order valence-corrected chi connectivity index (χ1v) is 12.3. The number of ether oxygens (including phenoxy) is 3. The van der Waals surface area contributed by atoms with E-state index >= 15 is 0 Å². The summed E-state index contributed by atoms with van der Waals surface area (Å²) in [4.78, 5) is 25.6.